The molecule has 5 heteroatoms. The number of nitrogens with zero attached hydrogens (tertiary/aromatic N) is 5. The van der Waals surface area contributed by atoms with Crippen molar-refractivity contribution in [2.24, 2.45) is 0 Å². The predicted octanol–water partition coefficient (Wildman–Crippen LogP) is 9.78. The van der Waals surface area contributed by atoms with Crippen LogP contribution in [-0.2, 0) is 0 Å². The zero-order valence-corrected chi connectivity index (χ0v) is 24.3. The molecule has 0 radical (unpaired) electrons. The predicted molar refractivity (Wildman–Crippen MR) is 184 cm³/mol. The Kier molecular flexibility index (Phi) is 5.41. The van der Waals surface area contributed by atoms with E-state index < -0.39 is 0 Å². The molecule has 210 valence electrons. The highest BCUT2D eigenvalue weighted by molar-refractivity contribution is 6.25. The molecule has 1 aliphatic heterocycles. The summed E-state index contributed by atoms with van der Waals surface area (Å²) in [5, 5.41) is 5.00. The molecule has 44 heavy (non-hydrogen) atoms. The molecule has 0 spiro atoms. The molecule has 1 aliphatic rings. The molecular weight excluding hydrogens is 538 g/mol. The third-order valence-corrected chi connectivity index (χ3v) is 8.87. The zero-order valence-electron chi connectivity index (χ0n) is 24.3. The highest BCUT2D eigenvalue weighted by Gasteiger charge is 2.25. The molecule has 3 heterocycles. The highest BCUT2D eigenvalue weighted by Crippen LogP contribution is 2.45. The number of benzene rings is 6. The van der Waals surface area contributed by atoms with E-state index in [0.29, 0.717) is 0 Å². The van der Waals surface area contributed by atoms with Gasteiger partial charge in [-0.1, -0.05) is 66.7 Å². The first kappa shape index (κ1) is 24.8. The number of rotatable bonds is 5. The van der Waals surface area contributed by atoms with Crippen LogP contribution in [0.2, 0.25) is 0 Å². The molecule has 5 nitrogen and oxygen atoms in total. The largest absolute Gasteiger partial charge is 0.355 e. The van der Waals surface area contributed by atoms with E-state index in [2.05, 4.69) is 160 Å². The molecule has 0 saturated heterocycles. The minimum atomic E-state index is 0.807. The molecule has 8 aromatic rings. The third-order valence-electron chi connectivity index (χ3n) is 8.87. The second kappa shape index (κ2) is 9.61. The van der Waals surface area contributed by atoms with E-state index >= 15 is 0 Å². The van der Waals surface area contributed by atoms with Gasteiger partial charge in [0, 0.05) is 46.8 Å². The quantitative estimate of drug-likeness (QED) is 0.194. The van der Waals surface area contributed by atoms with Crippen molar-refractivity contribution in [3.05, 3.63) is 146 Å². The van der Waals surface area contributed by atoms with E-state index in [0.717, 1.165) is 40.8 Å². The molecule has 0 aliphatic carbocycles. The lowest BCUT2D eigenvalue weighted by atomic mass is 10.0. The minimum Gasteiger partial charge on any atom is -0.355 e. The molecule has 2 aromatic heterocycles. The van der Waals surface area contributed by atoms with Crippen LogP contribution in [0.25, 0.3) is 38.4 Å². The van der Waals surface area contributed by atoms with E-state index in [1.54, 1.807) is 0 Å². The Bertz CT molecular complexity index is 2290. The van der Waals surface area contributed by atoms with E-state index in [1.165, 1.54) is 38.4 Å². The Balaban J connectivity index is 1.28. The van der Waals surface area contributed by atoms with Crippen LogP contribution in [0.15, 0.2) is 146 Å². The zero-order chi connectivity index (χ0) is 29.2. The Labute approximate surface area is 255 Å². The van der Waals surface area contributed by atoms with Gasteiger partial charge in [-0.3, -0.25) is 4.57 Å². The van der Waals surface area contributed by atoms with Crippen LogP contribution in [0.3, 0.4) is 0 Å². The maximum atomic E-state index is 4.79. The standard InChI is InChI=1S/C39H29N5/c1-41-26-42(34-17-6-5-16-33(34)41)30-14-10-15-31(24-30)43(29-12-3-2-4-13-29)32-23-28-21-20-27-11-9-18-35-38(27)39(28)36(25-32)44(35)37-19-7-8-22-40-37/h2-25H,26H2,1H3. The molecule has 0 fully saturated rings. The maximum absolute atomic E-state index is 4.79. The molecule has 0 atom stereocenters. The Morgan fingerprint density at radius 3 is 2.18 bits per heavy atom. The number of aromatic nitrogens is 2. The van der Waals surface area contributed by atoms with Crippen molar-refractivity contribution in [3.63, 3.8) is 0 Å². The fourth-order valence-electron chi connectivity index (χ4n) is 6.96. The molecule has 9 rings (SSSR count). The summed E-state index contributed by atoms with van der Waals surface area (Å²) in [4.78, 5) is 11.8. The SMILES string of the molecule is CN1CN(c2cccc(N(c3ccccc3)c3cc4ccc5cccc6c5c4c(c3)n6-c3ccccn3)c2)c2ccccc21. The average molecular weight is 568 g/mol. The summed E-state index contributed by atoms with van der Waals surface area (Å²) >= 11 is 0. The number of hydrogen-bond acceptors (Lipinski definition) is 4. The van der Waals surface area contributed by atoms with Crippen LogP contribution in [0.1, 0.15) is 0 Å². The Morgan fingerprint density at radius 1 is 0.568 bits per heavy atom. The fourth-order valence-corrected chi connectivity index (χ4v) is 6.96. The maximum Gasteiger partial charge on any atom is 0.137 e. The van der Waals surface area contributed by atoms with Gasteiger partial charge < -0.3 is 14.7 Å². The first-order valence-corrected chi connectivity index (χ1v) is 15.0. The summed E-state index contributed by atoms with van der Waals surface area (Å²) in [5.41, 5.74) is 9.27. The third kappa shape index (κ3) is 3.69. The highest BCUT2D eigenvalue weighted by atomic mass is 15.4. The Hall–Kier alpha value is -5.81. The van der Waals surface area contributed by atoms with E-state index in [9.17, 15) is 0 Å². The summed E-state index contributed by atoms with van der Waals surface area (Å²) in [6, 6.07) is 50.0. The molecule has 0 bridgehead atoms. The smallest absolute Gasteiger partial charge is 0.137 e. The summed E-state index contributed by atoms with van der Waals surface area (Å²) in [6.07, 6.45) is 1.87. The number of pyridine rings is 1. The van der Waals surface area contributed by atoms with Gasteiger partial charge in [-0.25, -0.2) is 4.98 Å². The van der Waals surface area contributed by atoms with Gasteiger partial charge in [-0.05, 0) is 83.6 Å². The second-order valence-electron chi connectivity index (χ2n) is 11.5. The normalized spacial score (nSPS) is 12.9. The number of para-hydroxylation sites is 3. The topological polar surface area (TPSA) is 27.5 Å². The van der Waals surface area contributed by atoms with E-state index in [1.807, 2.05) is 12.3 Å². The van der Waals surface area contributed by atoms with Crippen molar-refractivity contribution in [1.82, 2.24) is 9.55 Å². The van der Waals surface area contributed by atoms with E-state index in [4.69, 9.17) is 4.98 Å². The van der Waals surface area contributed by atoms with Crippen LogP contribution in [0.5, 0.6) is 0 Å². The monoisotopic (exact) mass is 567 g/mol. The van der Waals surface area contributed by atoms with Gasteiger partial charge in [0.1, 0.15) is 5.82 Å². The van der Waals surface area contributed by atoms with Crippen molar-refractivity contribution >= 4 is 66.7 Å². The molecular formula is C39H29N5. The Morgan fingerprint density at radius 2 is 1.32 bits per heavy atom. The van der Waals surface area contributed by atoms with Crippen molar-refractivity contribution in [2.45, 2.75) is 0 Å². The molecule has 0 unspecified atom stereocenters. The van der Waals surface area contributed by atoms with Gasteiger partial charge in [0.25, 0.3) is 0 Å². The second-order valence-corrected chi connectivity index (χ2v) is 11.5. The van der Waals surface area contributed by atoms with Crippen LogP contribution in [0.4, 0.5) is 34.1 Å². The number of anilines is 6. The molecule has 0 saturated carbocycles. The molecule has 0 N–H and O–H groups in total. The summed E-state index contributed by atoms with van der Waals surface area (Å²) in [7, 11) is 2.15. The lowest BCUT2D eigenvalue weighted by molar-refractivity contribution is 0.949. The first-order valence-electron chi connectivity index (χ1n) is 15.0. The van der Waals surface area contributed by atoms with Crippen molar-refractivity contribution in [3.8, 4) is 5.82 Å². The van der Waals surface area contributed by atoms with Crippen LogP contribution >= 0.6 is 0 Å². The van der Waals surface area contributed by atoms with Gasteiger partial charge in [0.05, 0.1) is 29.1 Å². The van der Waals surface area contributed by atoms with Crippen molar-refractivity contribution in [2.75, 3.05) is 28.4 Å². The van der Waals surface area contributed by atoms with Crippen molar-refractivity contribution in [1.29, 1.82) is 0 Å². The van der Waals surface area contributed by atoms with Crippen molar-refractivity contribution < 1.29 is 0 Å². The van der Waals surface area contributed by atoms with E-state index in [-0.39, 0.29) is 0 Å². The first-order chi connectivity index (χ1) is 21.7. The van der Waals surface area contributed by atoms with Gasteiger partial charge in [-0.15, -0.1) is 0 Å². The van der Waals surface area contributed by atoms with Crippen LogP contribution in [-0.4, -0.2) is 23.3 Å². The molecule has 0 amide bonds. The lowest BCUT2D eigenvalue weighted by Gasteiger charge is -2.28. The summed E-state index contributed by atoms with van der Waals surface area (Å²) < 4.78 is 2.31. The lowest BCUT2D eigenvalue weighted by Crippen LogP contribution is -2.24. The fraction of sp³-hybridized carbons (Fsp3) is 0.0513. The number of fused-ring (bicyclic) bond motifs is 1. The van der Waals surface area contributed by atoms with Gasteiger partial charge in [0.2, 0.25) is 0 Å². The minimum absolute atomic E-state index is 0.807. The molecule has 6 aromatic carbocycles. The average Bonchev–Trinajstić information content (AvgIpc) is 3.60. The summed E-state index contributed by atoms with van der Waals surface area (Å²) in [5.74, 6) is 0.916. The van der Waals surface area contributed by atoms with Crippen LogP contribution in [0, 0.1) is 0 Å². The van der Waals surface area contributed by atoms with Crippen LogP contribution < -0.4 is 14.7 Å². The van der Waals surface area contributed by atoms with Gasteiger partial charge in [0.15, 0.2) is 0 Å². The number of hydrogen-bond donors (Lipinski definition) is 0. The van der Waals surface area contributed by atoms with Gasteiger partial charge >= 0.3 is 0 Å². The summed E-state index contributed by atoms with van der Waals surface area (Å²) in [6.45, 7) is 0.807. The van der Waals surface area contributed by atoms with Gasteiger partial charge in [-0.2, -0.15) is 0 Å².